The highest BCUT2D eigenvalue weighted by Gasteiger charge is 2.29. The van der Waals surface area contributed by atoms with Crippen LogP contribution in [0.1, 0.15) is 44.6 Å². The van der Waals surface area contributed by atoms with Crippen molar-refractivity contribution < 1.29 is 13.9 Å². The number of primary amides is 1. The van der Waals surface area contributed by atoms with Gasteiger partial charge in [0.05, 0.1) is 16.9 Å². The van der Waals surface area contributed by atoms with Gasteiger partial charge in [0, 0.05) is 31.2 Å². The largest absolute Gasteiger partial charge is 0.381 e. The van der Waals surface area contributed by atoms with Crippen LogP contribution >= 0.6 is 11.6 Å². The second-order valence-electron chi connectivity index (χ2n) is 8.87. The Balaban J connectivity index is 1.52. The minimum Gasteiger partial charge on any atom is -0.381 e. The molecule has 0 atom stereocenters. The summed E-state index contributed by atoms with van der Waals surface area (Å²) in [4.78, 5) is 25.6. The van der Waals surface area contributed by atoms with E-state index >= 15 is 0 Å². The molecular weight excluding hydrogens is 461 g/mol. The topological polar surface area (TPSA) is 120 Å². The van der Waals surface area contributed by atoms with Crippen LogP contribution < -0.4 is 16.4 Å². The molecule has 0 bridgehead atoms. The molecule has 0 unspecified atom stereocenters. The van der Waals surface area contributed by atoms with E-state index in [9.17, 15) is 9.18 Å². The van der Waals surface area contributed by atoms with Gasteiger partial charge >= 0.3 is 0 Å². The molecule has 1 aromatic carbocycles. The number of para-hydroxylation sites is 1. The first-order chi connectivity index (χ1) is 16.5. The lowest BCUT2D eigenvalue weighted by molar-refractivity contribution is -0.122. The number of benzene rings is 1. The number of amides is 1. The highest BCUT2D eigenvalue weighted by atomic mass is 35.5. The van der Waals surface area contributed by atoms with E-state index in [4.69, 9.17) is 27.1 Å². The highest BCUT2D eigenvalue weighted by molar-refractivity contribution is 6.33. The molecule has 180 valence electrons. The molecule has 0 spiro atoms. The number of fused-ring (bicyclic) bond motifs is 1. The van der Waals surface area contributed by atoms with Crippen molar-refractivity contribution in [1.29, 1.82) is 0 Å². The van der Waals surface area contributed by atoms with Crippen LogP contribution in [0.3, 0.4) is 0 Å². The van der Waals surface area contributed by atoms with Crippen LogP contribution in [0, 0.1) is 11.7 Å². The van der Waals surface area contributed by atoms with Crippen molar-refractivity contribution in [3.8, 4) is 0 Å². The third kappa shape index (κ3) is 4.65. The first-order valence-electron chi connectivity index (χ1n) is 11.6. The first-order valence-corrected chi connectivity index (χ1v) is 12.0. The maximum absolute atomic E-state index is 14.5. The normalized spacial score (nSPS) is 21.5. The van der Waals surface area contributed by atoms with Gasteiger partial charge in [0.15, 0.2) is 5.65 Å². The molecule has 2 aromatic heterocycles. The van der Waals surface area contributed by atoms with Crippen molar-refractivity contribution in [2.75, 3.05) is 23.8 Å². The second-order valence-corrected chi connectivity index (χ2v) is 9.28. The van der Waals surface area contributed by atoms with Crippen LogP contribution in [0.2, 0.25) is 5.02 Å². The zero-order valence-corrected chi connectivity index (χ0v) is 19.4. The predicted octanol–water partition coefficient (Wildman–Crippen LogP) is 4.17. The fraction of sp³-hybridized carbons (Fsp3) is 0.478. The molecule has 1 aliphatic carbocycles. The maximum atomic E-state index is 14.5. The zero-order valence-electron chi connectivity index (χ0n) is 18.6. The first kappa shape index (κ1) is 22.8. The van der Waals surface area contributed by atoms with Gasteiger partial charge in [0.25, 0.3) is 0 Å². The Morgan fingerprint density at radius 2 is 1.91 bits per heavy atom. The summed E-state index contributed by atoms with van der Waals surface area (Å²) in [6.45, 7) is 1.41. The summed E-state index contributed by atoms with van der Waals surface area (Å²) in [5.41, 5.74) is 6.91. The van der Waals surface area contributed by atoms with Crippen molar-refractivity contribution in [3.05, 3.63) is 35.2 Å². The van der Waals surface area contributed by atoms with Crippen molar-refractivity contribution in [1.82, 2.24) is 19.5 Å². The molecule has 2 aliphatic rings. The molecule has 11 heteroatoms. The van der Waals surface area contributed by atoms with Crippen LogP contribution in [0.4, 0.5) is 22.0 Å². The van der Waals surface area contributed by atoms with Crippen molar-refractivity contribution in [2.24, 2.45) is 11.7 Å². The third-order valence-corrected chi connectivity index (χ3v) is 6.97. The van der Waals surface area contributed by atoms with E-state index in [2.05, 4.69) is 20.6 Å². The molecule has 0 radical (unpaired) electrons. The van der Waals surface area contributed by atoms with E-state index in [-0.39, 0.29) is 34.6 Å². The van der Waals surface area contributed by atoms with E-state index < -0.39 is 5.82 Å². The molecule has 1 amide bonds. The van der Waals surface area contributed by atoms with E-state index in [1.807, 2.05) is 4.57 Å². The smallest absolute Gasteiger partial charge is 0.224 e. The van der Waals surface area contributed by atoms with Gasteiger partial charge in [0.2, 0.25) is 17.8 Å². The molecule has 1 saturated carbocycles. The minimum absolute atomic E-state index is 0.0134. The Bertz CT molecular complexity index is 1170. The quantitative estimate of drug-likeness (QED) is 0.477. The molecule has 4 N–H and O–H groups in total. The number of halogens is 2. The summed E-state index contributed by atoms with van der Waals surface area (Å²) in [5.74, 6) is 0.0694. The van der Waals surface area contributed by atoms with E-state index in [1.54, 1.807) is 18.3 Å². The molecule has 34 heavy (non-hydrogen) atoms. The van der Waals surface area contributed by atoms with Gasteiger partial charge in [-0.15, -0.1) is 0 Å². The SMILES string of the molecule is NC(=O)[C@H]1CC[C@@H](n2c(Nc3c(F)cccc3Cl)nc3cnc(NC4CCOCC4)nc32)CC1. The minimum atomic E-state index is -0.475. The molecule has 3 heterocycles. The lowest BCUT2D eigenvalue weighted by atomic mass is 9.85. The monoisotopic (exact) mass is 487 g/mol. The molecule has 3 aromatic rings. The Morgan fingerprint density at radius 3 is 2.62 bits per heavy atom. The lowest BCUT2D eigenvalue weighted by Crippen LogP contribution is -2.29. The number of rotatable bonds is 6. The van der Waals surface area contributed by atoms with Gasteiger partial charge < -0.3 is 21.1 Å². The second kappa shape index (κ2) is 9.71. The Labute approximate surface area is 201 Å². The summed E-state index contributed by atoms with van der Waals surface area (Å²) < 4.78 is 22.0. The Morgan fingerprint density at radius 1 is 1.15 bits per heavy atom. The molecular formula is C23H27ClFN7O2. The molecule has 1 saturated heterocycles. The van der Waals surface area contributed by atoms with Gasteiger partial charge in [-0.05, 0) is 50.7 Å². The number of aromatic nitrogens is 4. The summed E-state index contributed by atoms with van der Waals surface area (Å²) in [7, 11) is 0. The van der Waals surface area contributed by atoms with E-state index in [1.165, 1.54) is 6.07 Å². The summed E-state index contributed by atoms with van der Waals surface area (Å²) in [6, 6.07) is 4.77. The van der Waals surface area contributed by atoms with Crippen LogP contribution in [0.25, 0.3) is 11.2 Å². The van der Waals surface area contributed by atoms with Gasteiger partial charge in [-0.25, -0.2) is 14.4 Å². The van der Waals surface area contributed by atoms with Gasteiger partial charge in [0.1, 0.15) is 11.3 Å². The number of nitrogens with one attached hydrogen (secondary N) is 2. The standard InChI is InChI=1S/C23H27ClFN7O2/c24-16-2-1-3-17(25)19(16)30-23-29-18-12-27-22(28-14-8-10-34-11-9-14)31-21(18)32(23)15-6-4-13(5-7-15)20(26)33/h1-3,12-15H,4-11H2,(H2,26,33)(H,29,30)(H,27,28,31)/t13-,15+. The zero-order chi connectivity index (χ0) is 23.7. The van der Waals surface area contributed by atoms with Crippen LogP contribution in [-0.2, 0) is 9.53 Å². The van der Waals surface area contributed by atoms with Gasteiger partial charge in [-0.1, -0.05) is 17.7 Å². The number of nitrogens with two attached hydrogens (primary N) is 1. The van der Waals surface area contributed by atoms with E-state index in [0.29, 0.717) is 49.1 Å². The summed E-state index contributed by atoms with van der Waals surface area (Å²) in [6.07, 6.45) is 6.25. The van der Waals surface area contributed by atoms with Crippen LogP contribution in [0.15, 0.2) is 24.4 Å². The average molecular weight is 488 g/mol. The van der Waals surface area contributed by atoms with Gasteiger partial charge in [-0.3, -0.25) is 9.36 Å². The fourth-order valence-electron chi connectivity index (χ4n) is 4.77. The highest BCUT2D eigenvalue weighted by Crippen LogP contribution is 2.38. The molecule has 5 rings (SSSR count). The number of nitrogens with zero attached hydrogens (tertiary/aromatic N) is 4. The number of hydrogen-bond donors (Lipinski definition) is 3. The lowest BCUT2D eigenvalue weighted by Gasteiger charge is -2.29. The van der Waals surface area contributed by atoms with Crippen molar-refractivity contribution in [3.63, 3.8) is 0 Å². The Hall–Kier alpha value is -2.98. The summed E-state index contributed by atoms with van der Waals surface area (Å²) >= 11 is 6.26. The average Bonchev–Trinajstić information content (AvgIpc) is 3.19. The predicted molar refractivity (Wildman–Crippen MR) is 128 cm³/mol. The van der Waals surface area contributed by atoms with Crippen LogP contribution in [-0.4, -0.2) is 44.7 Å². The van der Waals surface area contributed by atoms with Crippen molar-refractivity contribution in [2.45, 2.75) is 50.6 Å². The number of carbonyl (C=O) groups is 1. The summed E-state index contributed by atoms with van der Waals surface area (Å²) in [5, 5.41) is 6.73. The number of hydrogen-bond acceptors (Lipinski definition) is 7. The fourth-order valence-corrected chi connectivity index (χ4v) is 4.98. The van der Waals surface area contributed by atoms with Crippen molar-refractivity contribution >= 4 is 46.3 Å². The molecule has 1 aliphatic heterocycles. The van der Waals surface area contributed by atoms with E-state index in [0.717, 1.165) is 25.7 Å². The molecule has 2 fully saturated rings. The third-order valence-electron chi connectivity index (χ3n) is 6.65. The molecule has 9 nitrogen and oxygen atoms in total. The number of anilines is 3. The number of carbonyl (C=O) groups excluding carboxylic acids is 1. The van der Waals surface area contributed by atoms with Gasteiger partial charge in [-0.2, -0.15) is 4.98 Å². The number of imidazole rings is 1. The maximum Gasteiger partial charge on any atom is 0.224 e. The Kier molecular flexibility index (Phi) is 6.51. The number of ether oxygens (including phenoxy) is 1. The van der Waals surface area contributed by atoms with Crippen LogP contribution in [0.5, 0.6) is 0 Å².